The van der Waals surface area contributed by atoms with Crippen molar-refractivity contribution in [3.8, 4) is 0 Å². The van der Waals surface area contributed by atoms with Crippen LogP contribution < -0.4 is 10.0 Å². The van der Waals surface area contributed by atoms with E-state index in [2.05, 4.69) is 41.8 Å². The molecule has 1 fully saturated rings. The first-order chi connectivity index (χ1) is 17.5. The Hall–Kier alpha value is -2.53. The Morgan fingerprint density at radius 1 is 0.972 bits per heavy atom. The van der Waals surface area contributed by atoms with Crippen LogP contribution in [-0.2, 0) is 23.1 Å². The van der Waals surface area contributed by atoms with Crippen molar-refractivity contribution >= 4 is 10.0 Å². The molecule has 1 aliphatic rings. The minimum atomic E-state index is -3.52. The predicted octanol–water partition coefficient (Wildman–Crippen LogP) is 3.88. The molecule has 0 radical (unpaired) electrons. The molecule has 0 bridgehead atoms. The number of sulfonamides is 1. The average Bonchev–Trinajstić information content (AvgIpc) is 3.61. The van der Waals surface area contributed by atoms with Gasteiger partial charge in [0.05, 0.1) is 17.5 Å². The van der Waals surface area contributed by atoms with Crippen LogP contribution in [0.25, 0.3) is 0 Å². The summed E-state index contributed by atoms with van der Waals surface area (Å²) in [6.07, 6.45) is 15.4. The molecule has 0 saturated heterocycles. The summed E-state index contributed by atoms with van der Waals surface area (Å²) < 4.78 is 28.3. The van der Waals surface area contributed by atoms with E-state index in [0.29, 0.717) is 30.6 Å². The topological polar surface area (TPSA) is 119 Å². The highest BCUT2D eigenvalue weighted by Crippen LogP contribution is 2.22. The fourth-order valence-electron chi connectivity index (χ4n) is 4.75. The predicted molar refractivity (Wildman–Crippen MR) is 141 cm³/mol. The van der Waals surface area contributed by atoms with Crippen molar-refractivity contribution in [2.24, 2.45) is 0 Å². The van der Waals surface area contributed by atoms with Crippen molar-refractivity contribution in [3.05, 3.63) is 66.3 Å². The summed E-state index contributed by atoms with van der Waals surface area (Å²) >= 11 is 0. The highest BCUT2D eigenvalue weighted by atomic mass is 32.2. The van der Waals surface area contributed by atoms with E-state index in [9.17, 15) is 8.42 Å². The van der Waals surface area contributed by atoms with Crippen LogP contribution in [0.5, 0.6) is 0 Å². The number of H-pyrrole nitrogens is 2. The lowest BCUT2D eigenvalue weighted by Crippen LogP contribution is -2.32. The minimum Gasteiger partial charge on any atom is -0.348 e. The molecule has 1 aromatic carbocycles. The van der Waals surface area contributed by atoms with E-state index in [1.807, 2.05) is 24.5 Å². The fourth-order valence-corrected chi connectivity index (χ4v) is 5.82. The van der Waals surface area contributed by atoms with E-state index in [0.717, 1.165) is 36.6 Å². The summed E-state index contributed by atoms with van der Waals surface area (Å²) in [5.41, 5.74) is 1.02. The van der Waals surface area contributed by atoms with Gasteiger partial charge in [-0.15, -0.1) is 0 Å². The van der Waals surface area contributed by atoms with Gasteiger partial charge >= 0.3 is 0 Å². The molecule has 10 heteroatoms. The lowest BCUT2D eigenvalue weighted by Gasteiger charge is -2.27. The maximum Gasteiger partial charge on any atom is 0.240 e. The fraction of sp³-hybridized carbons (Fsp3) is 0.538. The first kappa shape index (κ1) is 26.5. The van der Waals surface area contributed by atoms with Gasteiger partial charge in [-0.25, -0.2) is 23.1 Å². The largest absolute Gasteiger partial charge is 0.348 e. The maximum atomic E-state index is 12.8. The summed E-state index contributed by atoms with van der Waals surface area (Å²) in [5.74, 6) is 1.74. The van der Waals surface area contributed by atoms with Gasteiger partial charge in [-0.3, -0.25) is 4.90 Å². The highest BCUT2D eigenvalue weighted by molar-refractivity contribution is 7.89. The second-order valence-electron chi connectivity index (χ2n) is 9.63. The second kappa shape index (κ2) is 13.1. The molecule has 0 aliphatic heterocycles. The number of benzene rings is 1. The highest BCUT2D eigenvalue weighted by Gasteiger charge is 2.20. The number of aromatic nitrogens is 4. The van der Waals surface area contributed by atoms with Crippen LogP contribution in [-0.4, -0.2) is 52.4 Å². The number of rotatable bonds is 14. The van der Waals surface area contributed by atoms with Gasteiger partial charge in [-0.05, 0) is 56.8 Å². The molecule has 4 N–H and O–H groups in total. The Kier molecular flexibility index (Phi) is 9.68. The summed E-state index contributed by atoms with van der Waals surface area (Å²) in [6.45, 7) is 4.74. The smallest absolute Gasteiger partial charge is 0.240 e. The van der Waals surface area contributed by atoms with Gasteiger partial charge in [0.2, 0.25) is 10.0 Å². The lowest BCUT2D eigenvalue weighted by molar-refractivity contribution is 0.181. The SMILES string of the molecule is CC(c1ncc[nH]1)N(Cc1ccc(S(=O)(=O)NCCCCNC2CCCCC2)cc1)Cc1ncc[nH]1. The monoisotopic (exact) mass is 513 g/mol. The Morgan fingerprint density at radius 2 is 1.69 bits per heavy atom. The number of imidazole rings is 2. The van der Waals surface area contributed by atoms with E-state index in [4.69, 9.17) is 0 Å². The van der Waals surface area contributed by atoms with E-state index < -0.39 is 10.0 Å². The number of nitrogens with one attached hydrogen (secondary N) is 4. The van der Waals surface area contributed by atoms with Gasteiger partial charge in [0, 0.05) is 43.9 Å². The third-order valence-electron chi connectivity index (χ3n) is 6.92. The van der Waals surface area contributed by atoms with Crippen LogP contribution in [0, 0.1) is 0 Å². The van der Waals surface area contributed by atoms with Crippen molar-refractivity contribution < 1.29 is 8.42 Å². The van der Waals surface area contributed by atoms with Gasteiger partial charge in [-0.2, -0.15) is 0 Å². The Labute approximate surface area is 214 Å². The van der Waals surface area contributed by atoms with E-state index in [1.165, 1.54) is 32.1 Å². The van der Waals surface area contributed by atoms with Crippen molar-refractivity contribution in [2.75, 3.05) is 13.1 Å². The summed E-state index contributed by atoms with van der Waals surface area (Å²) in [5, 5.41) is 3.61. The molecule has 1 unspecified atom stereocenters. The number of unbranched alkanes of at least 4 members (excludes halogenated alkanes) is 1. The molecule has 3 aromatic rings. The molecule has 1 atom stereocenters. The molecular formula is C26H39N7O2S. The van der Waals surface area contributed by atoms with Gasteiger partial charge in [-0.1, -0.05) is 31.4 Å². The average molecular weight is 514 g/mol. The van der Waals surface area contributed by atoms with Gasteiger partial charge < -0.3 is 15.3 Å². The van der Waals surface area contributed by atoms with Crippen LogP contribution in [0.3, 0.4) is 0 Å². The molecule has 4 rings (SSSR count). The summed E-state index contributed by atoms with van der Waals surface area (Å²) in [4.78, 5) is 17.6. The van der Waals surface area contributed by atoms with Crippen molar-refractivity contribution in [1.29, 1.82) is 0 Å². The first-order valence-electron chi connectivity index (χ1n) is 13.0. The third-order valence-corrected chi connectivity index (χ3v) is 8.40. The van der Waals surface area contributed by atoms with E-state index in [-0.39, 0.29) is 6.04 Å². The molecule has 2 aromatic heterocycles. The third kappa shape index (κ3) is 7.73. The van der Waals surface area contributed by atoms with Crippen LogP contribution in [0.15, 0.2) is 53.9 Å². The van der Waals surface area contributed by atoms with Crippen LogP contribution >= 0.6 is 0 Å². The minimum absolute atomic E-state index is 0.0304. The van der Waals surface area contributed by atoms with Gasteiger partial charge in [0.25, 0.3) is 0 Å². The molecule has 1 aliphatic carbocycles. The van der Waals surface area contributed by atoms with Crippen LogP contribution in [0.2, 0.25) is 0 Å². The van der Waals surface area contributed by atoms with Crippen LogP contribution in [0.4, 0.5) is 0 Å². The lowest BCUT2D eigenvalue weighted by atomic mass is 9.95. The molecule has 0 amide bonds. The standard InChI is InChI=1S/C26H39N7O2S/c1-21(26-30-17-18-31-26)33(20-25-28-15-16-29-25)19-22-9-11-24(12-10-22)36(34,35)32-14-6-5-13-27-23-7-3-2-4-8-23/h9-12,15-18,21,23,27,32H,2-8,13-14,19-20H2,1H3,(H,28,29)(H,30,31). The number of aromatic amines is 2. The van der Waals surface area contributed by atoms with Crippen molar-refractivity contribution in [1.82, 2.24) is 34.9 Å². The molecule has 196 valence electrons. The van der Waals surface area contributed by atoms with Gasteiger partial charge in [0.15, 0.2) is 0 Å². The van der Waals surface area contributed by atoms with Gasteiger partial charge in [0.1, 0.15) is 11.6 Å². The summed E-state index contributed by atoms with van der Waals surface area (Å²) in [6, 6.07) is 7.81. The molecule has 9 nitrogen and oxygen atoms in total. The van der Waals surface area contributed by atoms with E-state index in [1.54, 1.807) is 24.5 Å². The molecule has 2 heterocycles. The zero-order valence-electron chi connectivity index (χ0n) is 21.1. The molecule has 1 saturated carbocycles. The zero-order valence-corrected chi connectivity index (χ0v) is 21.9. The quantitative estimate of drug-likeness (QED) is 0.243. The van der Waals surface area contributed by atoms with E-state index >= 15 is 0 Å². The van der Waals surface area contributed by atoms with Crippen molar-refractivity contribution in [2.45, 2.75) is 81.9 Å². The maximum absolute atomic E-state index is 12.8. The normalized spacial score (nSPS) is 15.9. The second-order valence-corrected chi connectivity index (χ2v) is 11.4. The zero-order chi connectivity index (χ0) is 25.2. The molecule has 0 spiro atoms. The summed E-state index contributed by atoms with van der Waals surface area (Å²) in [7, 11) is -3.52. The number of hydrogen-bond donors (Lipinski definition) is 4. The van der Waals surface area contributed by atoms with Crippen molar-refractivity contribution in [3.63, 3.8) is 0 Å². The Balaban J connectivity index is 1.27. The Morgan fingerprint density at radius 3 is 2.39 bits per heavy atom. The molecule has 36 heavy (non-hydrogen) atoms. The number of nitrogens with zero attached hydrogens (tertiary/aromatic N) is 3. The Bertz CT molecular complexity index is 1110. The molecular weight excluding hydrogens is 474 g/mol. The van der Waals surface area contributed by atoms with Crippen LogP contribution in [0.1, 0.15) is 75.1 Å². The first-order valence-corrected chi connectivity index (χ1v) is 14.5. The number of hydrogen-bond acceptors (Lipinski definition) is 6.